The van der Waals surface area contributed by atoms with Gasteiger partial charge < -0.3 is 19.5 Å². The molecule has 6 nitrogen and oxygen atoms in total. The van der Waals surface area contributed by atoms with E-state index in [-0.39, 0.29) is 17.2 Å². The Bertz CT molecular complexity index is 565. The predicted molar refractivity (Wildman–Crippen MR) is 100.0 cm³/mol. The number of alkyl halides is 1. The van der Waals surface area contributed by atoms with Gasteiger partial charge in [0.25, 0.3) is 0 Å². The van der Waals surface area contributed by atoms with Crippen LogP contribution in [0.15, 0.2) is 23.4 Å². The van der Waals surface area contributed by atoms with Crippen LogP contribution in [0.1, 0.15) is 12.8 Å². The van der Waals surface area contributed by atoms with Crippen LogP contribution in [-0.2, 0) is 23.8 Å². The Morgan fingerprint density at radius 3 is 2.44 bits per heavy atom. The molecule has 0 saturated heterocycles. The number of hydrogen-bond donors (Lipinski definition) is 1. The zero-order valence-corrected chi connectivity index (χ0v) is 17.0. The van der Waals surface area contributed by atoms with Crippen LogP contribution in [0, 0.1) is 0 Å². The van der Waals surface area contributed by atoms with E-state index in [0.29, 0.717) is 12.2 Å². The summed E-state index contributed by atoms with van der Waals surface area (Å²) in [6, 6.07) is -0.735. The molecule has 0 heterocycles. The summed E-state index contributed by atoms with van der Waals surface area (Å²) in [7, 11) is 3.99. The fourth-order valence-electron chi connectivity index (χ4n) is 2.78. The maximum atomic E-state index is 12.7. The molecule has 0 aromatic heterocycles. The molecule has 0 radical (unpaired) electrons. The van der Waals surface area contributed by atoms with Crippen molar-refractivity contribution in [2.24, 2.45) is 0 Å². The lowest BCUT2D eigenvalue weighted by Gasteiger charge is -2.40. The highest BCUT2D eigenvalue weighted by Crippen LogP contribution is 2.50. The predicted octanol–water partition coefficient (Wildman–Crippen LogP) is 2.45. The highest BCUT2D eigenvalue weighted by Gasteiger charge is 2.66. The third-order valence-corrected chi connectivity index (χ3v) is 5.62. The lowest BCUT2D eigenvalue weighted by Crippen LogP contribution is -2.58. The molecule has 25 heavy (non-hydrogen) atoms. The van der Waals surface area contributed by atoms with Gasteiger partial charge in [0.1, 0.15) is 11.1 Å². The van der Waals surface area contributed by atoms with Crippen LogP contribution in [0.2, 0.25) is 0 Å². The van der Waals surface area contributed by atoms with Gasteiger partial charge >= 0.3 is 5.97 Å². The minimum Gasteiger partial charge on any atom is -0.467 e. The summed E-state index contributed by atoms with van der Waals surface area (Å²) in [5.41, 5.74) is 0.109. The summed E-state index contributed by atoms with van der Waals surface area (Å²) >= 11 is 14.4. The second-order valence-electron chi connectivity index (χ2n) is 5.34. The van der Waals surface area contributed by atoms with Gasteiger partial charge in [0.2, 0.25) is 11.6 Å². The Balaban J connectivity index is 3.35. The minimum atomic E-state index is -1.68. The second kappa shape index (κ2) is 9.28. The quantitative estimate of drug-likeness (QED) is 0.256. The summed E-state index contributed by atoms with van der Waals surface area (Å²) < 4.78 is 15.8. The number of halogens is 2. The van der Waals surface area contributed by atoms with Crippen LogP contribution in [0.3, 0.4) is 0 Å². The van der Waals surface area contributed by atoms with Crippen molar-refractivity contribution in [2.75, 3.05) is 33.3 Å². The normalized spacial score (nSPS) is 23.5. The molecule has 0 aliphatic heterocycles. The largest absolute Gasteiger partial charge is 0.467 e. The number of esters is 1. The fourth-order valence-corrected chi connectivity index (χ4v) is 4.09. The van der Waals surface area contributed by atoms with Gasteiger partial charge in [-0.2, -0.15) is 11.8 Å². The molecule has 1 aliphatic rings. The fraction of sp³-hybridized carbons (Fsp3) is 0.625. The molecule has 0 fully saturated rings. The number of nitrogens with one attached hydrogen (secondary N) is 1. The van der Waals surface area contributed by atoms with Crippen molar-refractivity contribution in [1.29, 1.82) is 0 Å². The third kappa shape index (κ3) is 3.85. The number of hydrogen-bond acceptors (Lipinski definition) is 7. The van der Waals surface area contributed by atoms with Gasteiger partial charge in [-0.05, 0) is 24.9 Å². The van der Waals surface area contributed by atoms with E-state index in [9.17, 15) is 9.59 Å². The summed E-state index contributed by atoms with van der Waals surface area (Å²) in [5.74, 6) is -2.04. The first-order valence-corrected chi connectivity index (χ1v) is 9.63. The average Bonchev–Trinajstić information content (AvgIpc) is 2.76. The van der Waals surface area contributed by atoms with E-state index in [1.807, 2.05) is 6.26 Å². The zero-order valence-electron chi connectivity index (χ0n) is 14.7. The van der Waals surface area contributed by atoms with Crippen LogP contribution in [-0.4, -0.2) is 61.8 Å². The van der Waals surface area contributed by atoms with Crippen molar-refractivity contribution in [3.63, 3.8) is 0 Å². The van der Waals surface area contributed by atoms with Gasteiger partial charge in [-0.3, -0.25) is 4.79 Å². The summed E-state index contributed by atoms with van der Waals surface area (Å²) in [4.78, 5) is 23.2. The first kappa shape index (κ1) is 22.3. The second-order valence-corrected chi connectivity index (χ2v) is 7.35. The Hall–Kier alpha value is -0.730. The SMILES string of the molecule is C=CC[C@@]1(Cl)C(=O)C(Cl)=C(N[C@@H](CCSC)C(=O)OC)C1(OC)OC. The number of Topliss-reactive ketones (excluding diaryl/α,β-unsaturated/α-hetero) is 1. The van der Waals surface area contributed by atoms with E-state index in [1.54, 1.807) is 11.8 Å². The Labute approximate surface area is 162 Å². The minimum absolute atomic E-state index is 0.0597. The number of ether oxygens (including phenoxy) is 3. The lowest BCUT2D eigenvalue weighted by molar-refractivity contribution is -0.199. The van der Waals surface area contributed by atoms with E-state index in [2.05, 4.69) is 11.9 Å². The molecule has 1 N–H and O–H groups in total. The molecule has 142 valence electrons. The number of ketones is 1. The Morgan fingerprint density at radius 2 is 2.00 bits per heavy atom. The smallest absolute Gasteiger partial charge is 0.328 e. The molecule has 0 amide bonds. The molecule has 0 bridgehead atoms. The van der Waals surface area contributed by atoms with Crippen molar-refractivity contribution < 1.29 is 23.8 Å². The first-order chi connectivity index (χ1) is 11.8. The highest BCUT2D eigenvalue weighted by atomic mass is 35.5. The topological polar surface area (TPSA) is 73.9 Å². The van der Waals surface area contributed by atoms with Gasteiger partial charge in [0.05, 0.1) is 12.8 Å². The molecule has 0 spiro atoms. The maximum absolute atomic E-state index is 12.7. The molecule has 1 aliphatic carbocycles. The van der Waals surface area contributed by atoms with Gasteiger partial charge in [-0.25, -0.2) is 4.79 Å². The van der Waals surface area contributed by atoms with E-state index in [0.717, 1.165) is 0 Å². The first-order valence-electron chi connectivity index (χ1n) is 7.48. The van der Waals surface area contributed by atoms with Crippen LogP contribution in [0.5, 0.6) is 0 Å². The van der Waals surface area contributed by atoms with Crippen molar-refractivity contribution in [2.45, 2.75) is 29.5 Å². The molecular formula is C16H23Cl2NO5S. The van der Waals surface area contributed by atoms with E-state index in [1.165, 1.54) is 27.4 Å². The number of methoxy groups -OCH3 is 3. The monoisotopic (exact) mass is 411 g/mol. The molecule has 2 atom stereocenters. The number of carbonyl (C=O) groups excluding carboxylic acids is 2. The summed E-state index contributed by atoms with van der Waals surface area (Å²) in [6.45, 7) is 3.62. The van der Waals surface area contributed by atoms with Crippen molar-refractivity contribution in [3.05, 3.63) is 23.4 Å². The standard InChI is InChI=1S/C16H23Cl2NO5S/c1-6-8-15(18)13(20)11(17)12(16(15,23-3)24-4)19-10(7-9-25-5)14(21)22-2/h6,10,19H,1,7-9H2,2-5H3/t10-,15+/m0/s1. The zero-order chi connectivity index (χ0) is 19.3. The van der Waals surface area contributed by atoms with Crippen LogP contribution < -0.4 is 5.32 Å². The van der Waals surface area contributed by atoms with Crippen molar-refractivity contribution in [1.82, 2.24) is 5.32 Å². The lowest BCUT2D eigenvalue weighted by atomic mass is 9.93. The van der Waals surface area contributed by atoms with Gasteiger partial charge in [-0.15, -0.1) is 18.2 Å². The van der Waals surface area contributed by atoms with Gasteiger partial charge in [0.15, 0.2) is 4.87 Å². The van der Waals surface area contributed by atoms with E-state index >= 15 is 0 Å². The number of thioether (sulfide) groups is 1. The van der Waals surface area contributed by atoms with Crippen LogP contribution in [0.25, 0.3) is 0 Å². The number of rotatable bonds is 10. The van der Waals surface area contributed by atoms with Crippen molar-refractivity contribution >= 4 is 46.7 Å². The van der Waals surface area contributed by atoms with E-state index in [4.69, 9.17) is 37.4 Å². The molecular weight excluding hydrogens is 389 g/mol. The molecule has 0 unspecified atom stereocenters. The van der Waals surface area contributed by atoms with Crippen LogP contribution >= 0.6 is 35.0 Å². The molecule has 9 heteroatoms. The summed E-state index contributed by atoms with van der Waals surface area (Å²) in [5, 5.41) is 2.79. The highest BCUT2D eigenvalue weighted by molar-refractivity contribution is 7.98. The molecule has 0 saturated carbocycles. The van der Waals surface area contributed by atoms with Crippen LogP contribution in [0.4, 0.5) is 0 Å². The van der Waals surface area contributed by atoms with Gasteiger partial charge in [-0.1, -0.05) is 17.7 Å². The number of allylic oxidation sites excluding steroid dienone is 2. The molecule has 1 rings (SSSR count). The molecule has 0 aromatic rings. The summed E-state index contributed by atoms with van der Waals surface area (Å²) in [6.07, 6.45) is 3.92. The molecule has 0 aromatic carbocycles. The van der Waals surface area contributed by atoms with Gasteiger partial charge in [0, 0.05) is 14.2 Å². The van der Waals surface area contributed by atoms with E-state index < -0.39 is 28.5 Å². The Kier molecular flexibility index (Phi) is 8.28. The number of carbonyl (C=O) groups is 2. The maximum Gasteiger partial charge on any atom is 0.328 e. The third-order valence-electron chi connectivity index (χ3n) is 4.05. The Morgan fingerprint density at radius 1 is 1.40 bits per heavy atom. The average molecular weight is 412 g/mol. The van der Waals surface area contributed by atoms with Crippen molar-refractivity contribution in [3.8, 4) is 0 Å².